The van der Waals surface area contributed by atoms with Gasteiger partial charge in [0.1, 0.15) is 23.7 Å². The number of fused-ring (bicyclic) bond motifs is 1. The maximum atomic E-state index is 12.0. The quantitative estimate of drug-likeness (QED) is 0.338. The molecule has 0 amide bonds. The number of aromatic amines is 1. The zero-order valence-electron chi connectivity index (χ0n) is 13.7. The topological polar surface area (TPSA) is 263 Å². The molecule has 1 aliphatic heterocycles. The number of ether oxygens (including phenoxy) is 1. The lowest BCUT2D eigenvalue weighted by Gasteiger charge is -2.30. The van der Waals surface area contributed by atoms with Gasteiger partial charge >= 0.3 is 5.69 Å². The van der Waals surface area contributed by atoms with Crippen LogP contribution in [0.25, 0.3) is 11.1 Å². The number of aliphatic hydroxyl groups is 2. The van der Waals surface area contributed by atoms with Crippen molar-refractivity contribution in [3.05, 3.63) is 33.2 Å². The molecule has 1 aliphatic rings. The van der Waals surface area contributed by atoms with Crippen molar-refractivity contribution < 1.29 is 38.2 Å². The summed E-state index contributed by atoms with van der Waals surface area (Å²) in [7, 11) is -5.31. The number of phosphoric acid groups is 1. The number of H-pyrrole nitrogens is 1. The first-order valence-corrected chi connectivity index (χ1v) is 8.05. The molecule has 0 aromatic carbocycles. The van der Waals surface area contributed by atoms with Crippen molar-refractivity contribution in [3.8, 4) is 0 Å². The van der Waals surface area contributed by atoms with Gasteiger partial charge in [0.15, 0.2) is 6.23 Å². The van der Waals surface area contributed by atoms with Gasteiger partial charge < -0.3 is 50.5 Å². The second-order valence-corrected chi connectivity index (χ2v) is 6.21. The van der Waals surface area contributed by atoms with Gasteiger partial charge in [0.05, 0.1) is 20.7 Å². The Morgan fingerprint density at radius 3 is 2.54 bits per heavy atom. The third kappa shape index (κ3) is 3.93. The first kappa shape index (κ1) is 22.2. The number of aromatic nitrogens is 2. The lowest BCUT2D eigenvalue weighted by Crippen LogP contribution is -2.38. The Bertz CT molecular complexity index is 916. The van der Waals surface area contributed by atoms with E-state index in [1.807, 2.05) is 4.98 Å². The van der Waals surface area contributed by atoms with Crippen LogP contribution in [-0.4, -0.2) is 44.7 Å². The molecule has 1 fully saturated rings. The van der Waals surface area contributed by atoms with Crippen molar-refractivity contribution in [2.24, 2.45) is 0 Å². The van der Waals surface area contributed by atoms with E-state index in [-0.39, 0.29) is 23.4 Å². The SMILES string of the molecule is O=c1[nH]c(=O)n([C@@H]2O[C@H](COP(=O)([O-])[O-])[C@@H](O)[C@H]2O)c2occc12.[NH4+].[NH4+]. The van der Waals surface area contributed by atoms with Gasteiger partial charge in [0, 0.05) is 0 Å². The Balaban J connectivity index is 0.00000169. The molecule has 0 aliphatic carbocycles. The molecule has 0 unspecified atom stereocenters. The molecule has 3 heterocycles. The summed E-state index contributed by atoms with van der Waals surface area (Å²) in [4.78, 5) is 46.7. The molecule has 3 rings (SSSR count). The van der Waals surface area contributed by atoms with Crippen LogP contribution in [0.4, 0.5) is 0 Å². The van der Waals surface area contributed by atoms with Crippen molar-refractivity contribution in [1.29, 1.82) is 0 Å². The van der Waals surface area contributed by atoms with Crippen LogP contribution in [0.1, 0.15) is 6.23 Å². The molecule has 2 aromatic heterocycles. The van der Waals surface area contributed by atoms with E-state index < -0.39 is 50.2 Å². The van der Waals surface area contributed by atoms with E-state index in [9.17, 15) is 34.2 Å². The van der Waals surface area contributed by atoms with Crippen LogP contribution < -0.4 is 33.3 Å². The van der Waals surface area contributed by atoms with Crippen LogP contribution in [0.15, 0.2) is 26.3 Å². The molecule has 0 spiro atoms. The van der Waals surface area contributed by atoms with Crippen LogP contribution in [0.2, 0.25) is 0 Å². The number of hydrogen-bond acceptors (Lipinski definition) is 10. The van der Waals surface area contributed by atoms with Gasteiger partial charge in [-0.25, -0.2) is 9.36 Å². The van der Waals surface area contributed by atoms with Gasteiger partial charge in [-0.1, -0.05) is 0 Å². The molecular weight excluding hydrogens is 379 g/mol. The van der Waals surface area contributed by atoms with Crippen molar-refractivity contribution in [2.45, 2.75) is 24.5 Å². The van der Waals surface area contributed by atoms with E-state index in [1.165, 1.54) is 6.07 Å². The number of quaternary nitrogens is 2. The van der Waals surface area contributed by atoms with E-state index in [2.05, 4.69) is 4.52 Å². The Labute approximate surface area is 144 Å². The Morgan fingerprint density at radius 1 is 1.27 bits per heavy atom. The minimum atomic E-state index is -5.31. The maximum Gasteiger partial charge on any atom is 0.333 e. The summed E-state index contributed by atoms with van der Waals surface area (Å²) in [6, 6.07) is 1.29. The second kappa shape index (κ2) is 7.79. The smallest absolute Gasteiger partial charge is 0.333 e. The number of rotatable bonds is 4. The molecule has 14 nitrogen and oxygen atoms in total. The molecule has 0 bridgehead atoms. The van der Waals surface area contributed by atoms with Crippen molar-refractivity contribution in [1.82, 2.24) is 21.9 Å². The summed E-state index contributed by atoms with van der Waals surface area (Å²) < 4.78 is 25.6. The lowest BCUT2D eigenvalue weighted by atomic mass is 10.1. The van der Waals surface area contributed by atoms with Crippen molar-refractivity contribution >= 4 is 18.9 Å². The first-order chi connectivity index (χ1) is 11.2. The minimum Gasteiger partial charge on any atom is -0.790 e. The Kier molecular flexibility index (Phi) is 6.64. The number of aliphatic hydroxyl groups excluding tert-OH is 2. The zero-order valence-corrected chi connectivity index (χ0v) is 14.6. The summed E-state index contributed by atoms with van der Waals surface area (Å²) in [5, 5.41) is 19.9. The summed E-state index contributed by atoms with van der Waals surface area (Å²) in [5.74, 6) is 0. The zero-order chi connectivity index (χ0) is 17.6. The van der Waals surface area contributed by atoms with E-state index in [0.29, 0.717) is 0 Å². The van der Waals surface area contributed by atoms with Crippen molar-refractivity contribution in [3.63, 3.8) is 0 Å². The monoisotopic (exact) mass is 398 g/mol. The van der Waals surface area contributed by atoms with Gasteiger partial charge in [-0.15, -0.1) is 0 Å². The van der Waals surface area contributed by atoms with Gasteiger partial charge in [-0.2, -0.15) is 0 Å². The van der Waals surface area contributed by atoms with Gasteiger partial charge in [0.2, 0.25) is 5.71 Å². The third-order valence-electron chi connectivity index (χ3n) is 3.54. The summed E-state index contributed by atoms with van der Waals surface area (Å²) in [6.07, 6.45) is -5.08. The molecule has 0 saturated carbocycles. The predicted molar refractivity (Wildman–Crippen MR) is 82.5 cm³/mol. The fourth-order valence-corrected chi connectivity index (χ4v) is 2.78. The molecule has 4 atom stereocenters. The van der Waals surface area contributed by atoms with E-state index in [1.54, 1.807) is 0 Å². The number of furan rings is 1. The van der Waals surface area contributed by atoms with Crippen LogP contribution >= 0.6 is 7.82 Å². The van der Waals surface area contributed by atoms with E-state index >= 15 is 0 Å². The molecular formula is C11H19N4O10P. The van der Waals surface area contributed by atoms with Crippen LogP contribution in [0, 0.1) is 0 Å². The molecule has 11 N–H and O–H groups in total. The normalized spacial score (nSPS) is 25.7. The highest BCUT2D eigenvalue weighted by atomic mass is 31.2. The summed E-state index contributed by atoms with van der Waals surface area (Å²) >= 11 is 0. The second-order valence-electron chi connectivity index (χ2n) is 5.06. The Hall–Kier alpha value is -1.87. The Morgan fingerprint density at radius 2 is 1.92 bits per heavy atom. The number of phosphoric ester groups is 1. The van der Waals surface area contributed by atoms with Crippen molar-refractivity contribution in [2.75, 3.05) is 6.61 Å². The molecule has 1 saturated heterocycles. The summed E-state index contributed by atoms with van der Waals surface area (Å²) in [6.45, 7) is -0.849. The lowest BCUT2D eigenvalue weighted by molar-refractivity contribution is -0.343. The molecule has 15 heteroatoms. The standard InChI is InChI=1S/C11H13N2O10P.2H3N/c14-6-5(3-22-24(18,19)20)23-10(7(6)15)13-9-4(1-2-21-9)8(16)12-11(13)17;;/h1-2,5-7,10,14-15H,3H2,(H,12,16,17)(H2,18,19,20);2*1H3/t5-,6-,7-,10-;;/m1../s1. The highest BCUT2D eigenvalue weighted by molar-refractivity contribution is 7.43. The fourth-order valence-electron chi connectivity index (χ4n) is 2.45. The molecule has 0 radical (unpaired) electrons. The van der Waals surface area contributed by atoms with Crippen LogP contribution in [-0.2, 0) is 13.8 Å². The average Bonchev–Trinajstić information content (AvgIpc) is 3.05. The number of hydrogen-bond donors (Lipinski definition) is 5. The maximum absolute atomic E-state index is 12.0. The largest absolute Gasteiger partial charge is 0.790 e. The predicted octanol–water partition coefficient (Wildman–Crippen LogP) is -2.50. The van der Waals surface area contributed by atoms with Gasteiger partial charge in [-0.05, 0) is 6.07 Å². The number of nitrogens with one attached hydrogen (secondary N) is 1. The molecule has 148 valence electrons. The van der Waals surface area contributed by atoms with E-state index in [4.69, 9.17) is 9.15 Å². The van der Waals surface area contributed by atoms with Crippen LogP contribution in [0.3, 0.4) is 0 Å². The van der Waals surface area contributed by atoms with E-state index in [0.717, 1.165) is 10.8 Å². The number of nitrogens with zero attached hydrogens (tertiary/aromatic N) is 1. The van der Waals surface area contributed by atoms with Gasteiger partial charge in [0.25, 0.3) is 5.56 Å². The fraction of sp³-hybridized carbons (Fsp3) is 0.455. The average molecular weight is 398 g/mol. The highest BCUT2D eigenvalue weighted by Crippen LogP contribution is 2.33. The highest BCUT2D eigenvalue weighted by Gasteiger charge is 2.45. The third-order valence-corrected chi connectivity index (χ3v) is 4.00. The van der Waals surface area contributed by atoms with Gasteiger partial charge in [-0.3, -0.25) is 9.78 Å². The van der Waals surface area contributed by atoms with Crippen LogP contribution in [0.5, 0.6) is 0 Å². The minimum absolute atomic E-state index is 0. The first-order valence-electron chi connectivity index (χ1n) is 6.59. The molecule has 2 aromatic rings. The summed E-state index contributed by atoms with van der Waals surface area (Å²) in [5.41, 5.74) is -1.90. The molecule has 26 heavy (non-hydrogen) atoms.